The van der Waals surface area contributed by atoms with Crippen LogP contribution in [0.1, 0.15) is 24.0 Å². The van der Waals surface area contributed by atoms with Crippen LogP contribution in [0.15, 0.2) is 48.5 Å². The van der Waals surface area contributed by atoms with Crippen molar-refractivity contribution >= 4 is 24.0 Å². The first kappa shape index (κ1) is 20.1. The molecule has 0 fully saturated rings. The molecule has 25 heavy (non-hydrogen) atoms. The van der Waals surface area contributed by atoms with Crippen LogP contribution in [-0.4, -0.2) is 38.8 Å². The van der Waals surface area contributed by atoms with Gasteiger partial charge in [0.15, 0.2) is 0 Å². The van der Waals surface area contributed by atoms with E-state index in [9.17, 15) is 0 Å². The summed E-state index contributed by atoms with van der Waals surface area (Å²) in [5.74, 6) is 0.828. The van der Waals surface area contributed by atoms with Gasteiger partial charge in [-0.25, -0.2) is 0 Å². The molecule has 2 aromatic carbocycles. The molecule has 0 aromatic heterocycles. The lowest BCUT2D eigenvalue weighted by Crippen LogP contribution is -2.34. The molecule has 1 aliphatic heterocycles. The molecule has 0 saturated carbocycles. The van der Waals surface area contributed by atoms with E-state index in [4.69, 9.17) is 21.1 Å². The first-order chi connectivity index (χ1) is 11.6. The predicted octanol–water partition coefficient (Wildman–Crippen LogP) is 4.76. The molecular weight excluding hydrogens is 357 g/mol. The molecule has 0 bridgehead atoms. The van der Waals surface area contributed by atoms with Crippen LogP contribution in [-0.2, 0) is 10.3 Å². The fourth-order valence-electron chi connectivity index (χ4n) is 3.23. The van der Waals surface area contributed by atoms with Crippen LogP contribution < -0.4 is 4.74 Å². The summed E-state index contributed by atoms with van der Waals surface area (Å²) >= 11 is 6.19. The second-order valence-corrected chi connectivity index (χ2v) is 6.87. The van der Waals surface area contributed by atoms with Crippen LogP contribution in [0.5, 0.6) is 5.75 Å². The third-order valence-corrected chi connectivity index (χ3v) is 4.67. The monoisotopic (exact) mass is 381 g/mol. The first-order valence-electron chi connectivity index (χ1n) is 8.39. The summed E-state index contributed by atoms with van der Waals surface area (Å²) in [7, 11) is 4.12. The maximum Gasteiger partial charge on any atom is 0.127 e. The minimum absolute atomic E-state index is 0. The third-order valence-electron chi connectivity index (χ3n) is 4.44. The Kier molecular flexibility index (Phi) is 7.14. The van der Waals surface area contributed by atoms with Crippen LogP contribution in [0.25, 0.3) is 0 Å². The molecule has 0 amide bonds. The van der Waals surface area contributed by atoms with E-state index in [-0.39, 0.29) is 12.4 Å². The van der Waals surface area contributed by atoms with Crippen LogP contribution in [0.2, 0.25) is 5.02 Å². The van der Waals surface area contributed by atoms with Gasteiger partial charge in [-0.15, -0.1) is 12.4 Å². The van der Waals surface area contributed by atoms with Crippen molar-refractivity contribution in [3.05, 3.63) is 64.7 Å². The number of hydrogen-bond donors (Lipinski definition) is 0. The lowest BCUT2D eigenvalue weighted by atomic mass is 9.82. The van der Waals surface area contributed by atoms with E-state index in [1.807, 2.05) is 24.3 Å². The van der Waals surface area contributed by atoms with Gasteiger partial charge in [0.2, 0.25) is 0 Å². The van der Waals surface area contributed by atoms with Crippen molar-refractivity contribution in [1.29, 1.82) is 0 Å². The Balaban J connectivity index is 0.00000225. The zero-order chi connectivity index (χ0) is 17.0. The summed E-state index contributed by atoms with van der Waals surface area (Å²) in [6.45, 7) is 2.21. The second kappa shape index (κ2) is 8.91. The number of ether oxygens (including phenoxy) is 2. The van der Waals surface area contributed by atoms with Crippen molar-refractivity contribution in [1.82, 2.24) is 4.90 Å². The topological polar surface area (TPSA) is 21.7 Å². The minimum Gasteiger partial charge on any atom is -0.493 e. The van der Waals surface area contributed by atoms with Gasteiger partial charge in [-0.3, -0.25) is 0 Å². The molecule has 1 atom stereocenters. The largest absolute Gasteiger partial charge is 0.493 e. The van der Waals surface area contributed by atoms with E-state index in [0.29, 0.717) is 18.2 Å². The molecule has 3 rings (SSSR count). The molecule has 3 nitrogen and oxygen atoms in total. The standard InChI is InChI=1S/C20H24ClNO2.ClH/c1-22(2)12-14-24-20(16-7-4-3-5-8-16)11-6-13-23-19-15-17(21)9-10-18(19)20;/h3-5,7-10,15H,6,11-14H2,1-2H3;1H. The van der Waals surface area contributed by atoms with Crippen molar-refractivity contribution in [2.75, 3.05) is 33.9 Å². The normalized spacial score (nSPS) is 19.5. The zero-order valence-electron chi connectivity index (χ0n) is 14.7. The van der Waals surface area contributed by atoms with Crippen LogP contribution >= 0.6 is 24.0 Å². The fourth-order valence-corrected chi connectivity index (χ4v) is 3.39. The highest BCUT2D eigenvalue weighted by Crippen LogP contribution is 2.45. The Labute approximate surface area is 161 Å². The maximum atomic E-state index is 6.55. The highest BCUT2D eigenvalue weighted by atomic mass is 35.5. The maximum absolute atomic E-state index is 6.55. The Hall–Kier alpha value is -1.26. The number of nitrogens with zero attached hydrogens (tertiary/aromatic N) is 1. The van der Waals surface area contributed by atoms with Crippen molar-refractivity contribution < 1.29 is 9.47 Å². The van der Waals surface area contributed by atoms with Gasteiger partial charge < -0.3 is 14.4 Å². The zero-order valence-corrected chi connectivity index (χ0v) is 16.3. The number of halogens is 2. The fraction of sp³-hybridized carbons (Fsp3) is 0.400. The van der Waals surface area contributed by atoms with E-state index >= 15 is 0 Å². The molecule has 5 heteroatoms. The second-order valence-electron chi connectivity index (χ2n) is 6.44. The van der Waals surface area contributed by atoms with Gasteiger partial charge in [0.1, 0.15) is 11.4 Å². The Bertz CT molecular complexity index is 679. The molecule has 2 aromatic rings. The summed E-state index contributed by atoms with van der Waals surface area (Å²) in [5.41, 5.74) is 1.74. The molecule has 136 valence electrons. The first-order valence-corrected chi connectivity index (χ1v) is 8.77. The summed E-state index contributed by atoms with van der Waals surface area (Å²) in [5, 5.41) is 0.686. The van der Waals surface area contributed by atoms with Crippen molar-refractivity contribution in [2.45, 2.75) is 18.4 Å². The summed E-state index contributed by atoms with van der Waals surface area (Å²) < 4.78 is 12.5. The summed E-state index contributed by atoms with van der Waals surface area (Å²) in [6, 6.07) is 16.3. The Morgan fingerprint density at radius 1 is 1.16 bits per heavy atom. The van der Waals surface area contributed by atoms with Crippen LogP contribution in [0.4, 0.5) is 0 Å². The Morgan fingerprint density at radius 2 is 1.92 bits per heavy atom. The van der Waals surface area contributed by atoms with Crippen molar-refractivity contribution in [2.24, 2.45) is 0 Å². The van der Waals surface area contributed by atoms with E-state index in [1.54, 1.807) is 0 Å². The van der Waals surface area contributed by atoms with Gasteiger partial charge in [0.25, 0.3) is 0 Å². The third kappa shape index (κ3) is 4.48. The van der Waals surface area contributed by atoms with Gasteiger partial charge in [-0.2, -0.15) is 0 Å². The SMILES string of the molecule is CN(C)CCOC1(c2ccccc2)CCCOc2cc(Cl)ccc21.Cl. The van der Waals surface area contributed by atoms with Gasteiger partial charge in [0, 0.05) is 17.1 Å². The lowest BCUT2D eigenvalue weighted by Gasteiger charge is -2.35. The number of fused-ring (bicyclic) bond motifs is 1. The smallest absolute Gasteiger partial charge is 0.127 e. The van der Waals surface area contributed by atoms with E-state index in [2.05, 4.69) is 43.3 Å². The molecule has 1 unspecified atom stereocenters. The van der Waals surface area contributed by atoms with Crippen molar-refractivity contribution in [3.63, 3.8) is 0 Å². The average Bonchev–Trinajstić information content (AvgIpc) is 2.75. The van der Waals surface area contributed by atoms with Gasteiger partial charge in [0.05, 0.1) is 13.2 Å². The number of hydrogen-bond acceptors (Lipinski definition) is 3. The molecule has 0 aliphatic carbocycles. The number of likely N-dealkylation sites (N-methyl/N-ethyl adjacent to an activating group) is 1. The summed E-state index contributed by atoms with van der Waals surface area (Å²) in [4.78, 5) is 2.13. The van der Waals surface area contributed by atoms with E-state index in [1.165, 1.54) is 0 Å². The Morgan fingerprint density at radius 3 is 2.64 bits per heavy atom. The van der Waals surface area contributed by atoms with Gasteiger partial charge in [-0.1, -0.05) is 48.0 Å². The van der Waals surface area contributed by atoms with E-state index < -0.39 is 5.60 Å². The number of rotatable bonds is 5. The van der Waals surface area contributed by atoms with E-state index in [0.717, 1.165) is 36.3 Å². The molecule has 0 saturated heterocycles. The van der Waals surface area contributed by atoms with Crippen LogP contribution in [0.3, 0.4) is 0 Å². The van der Waals surface area contributed by atoms with Gasteiger partial charge in [-0.05, 0) is 44.6 Å². The molecule has 1 aliphatic rings. The highest BCUT2D eigenvalue weighted by Gasteiger charge is 2.39. The molecule has 1 heterocycles. The van der Waals surface area contributed by atoms with Crippen LogP contribution in [0, 0.1) is 0 Å². The molecule has 0 radical (unpaired) electrons. The average molecular weight is 382 g/mol. The summed E-state index contributed by atoms with van der Waals surface area (Å²) in [6.07, 6.45) is 1.82. The van der Waals surface area contributed by atoms with Gasteiger partial charge >= 0.3 is 0 Å². The molecular formula is C20H25Cl2NO2. The molecule has 0 N–H and O–H groups in total. The highest BCUT2D eigenvalue weighted by molar-refractivity contribution is 6.30. The lowest BCUT2D eigenvalue weighted by molar-refractivity contribution is -0.0294. The number of benzene rings is 2. The predicted molar refractivity (Wildman–Crippen MR) is 105 cm³/mol. The minimum atomic E-state index is -0.492. The quantitative estimate of drug-likeness (QED) is 0.745. The molecule has 0 spiro atoms. The van der Waals surface area contributed by atoms with Crippen molar-refractivity contribution in [3.8, 4) is 5.75 Å².